The van der Waals surface area contributed by atoms with Gasteiger partial charge in [0.05, 0.1) is 23.7 Å². The molecule has 37 heavy (non-hydrogen) atoms. The second kappa shape index (κ2) is 11.7. The Morgan fingerprint density at radius 2 is 1.73 bits per heavy atom. The van der Waals surface area contributed by atoms with Gasteiger partial charge in [-0.1, -0.05) is 61.7 Å². The number of aromatic nitrogens is 2. The van der Waals surface area contributed by atoms with Gasteiger partial charge >= 0.3 is 0 Å². The third-order valence-corrected chi connectivity index (χ3v) is 7.35. The molecule has 190 valence electrons. The molecule has 1 aliphatic carbocycles. The van der Waals surface area contributed by atoms with Crippen molar-refractivity contribution in [2.45, 2.75) is 51.6 Å². The zero-order valence-electron chi connectivity index (χ0n) is 20.9. The number of hydrogen-bond donors (Lipinski definition) is 0. The van der Waals surface area contributed by atoms with E-state index in [1.165, 1.54) is 11.1 Å². The molecule has 0 N–H and O–H groups in total. The van der Waals surface area contributed by atoms with Crippen molar-refractivity contribution >= 4 is 33.0 Å². The topological polar surface area (TPSA) is 65.7 Å². The van der Waals surface area contributed by atoms with E-state index < -0.39 is 0 Å². The maximum atomic E-state index is 13.5. The van der Waals surface area contributed by atoms with Crippen LogP contribution in [0.4, 0.5) is 0 Å². The molecule has 0 saturated heterocycles. The van der Waals surface area contributed by atoms with Crippen LogP contribution in [0.3, 0.4) is 0 Å². The summed E-state index contributed by atoms with van der Waals surface area (Å²) in [4.78, 5) is 18.4. The van der Waals surface area contributed by atoms with Crippen LogP contribution in [-0.2, 0) is 6.61 Å². The highest BCUT2D eigenvalue weighted by atomic mass is 79.9. The summed E-state index contributed by atoms with van der Waals surface area (Å²) >= 11 is 3.66. The van der Waals surface area contributed by atoms with Gasteiger partial charge in [0.15, 0.2) is 11.5 Å². The largest absolute Gasteiger partial charge is 0.490 e. The van der Waals surface area contributed by atoms with Crippen LogP contribution < -0.4 is 15.0 Å². The van der Waals surface area contributed by atoms with Gasteiger partial charge in [0.1, 0.15) is 12.4 Å². The van der Waals surface area contributed by atoms with Crippen molar-refractivity contribution < 1.29 is 9.47 Å². The second-order valence-electron chi connectivity index (χ2n) is 9.21. The molecule has 7 heteroatoms. The number of rotatable bonds is 8. The molecule has 4 aromatic rings. The van der Waals surface area contributed by atoms with Crippen LogP contribution >= 0.6 is 15.9 Å². The fourth-order valence-electron chi connectivity index (χ4n) is 4.76. The highest BCUT2D eigenvalue weighted by molar-refractivity contribution is 9.10. The predicted octanol–water partition coefficient (Wildman–Crippen LogP) is 7.07. The van der Waals surface area contributed by atoms with E-state index in [2.05, 4.69) is 21.0 Å². The molecular weight excluding hydrogens is 530 g/mol. The minimum atomic E-state index is -0.147. The second-order valence-corrected chi connectivity index (χ2v) is 10.1. The molecule has 3 aromatic carbocycles. The third kappa shape index (κ3) is 5.77. The van der Waals surface area contributed by atoms with Gasteiger partial charge in [0.2, 0.25) is 0 Å². The lowest BCUT2D eigenvalue weighted by atomic mass is 9.88. The Kier molecular flexibility index (Phi) is 7.99. The third-order valence-electron chi connectivity index (χ3n) is 6.66. The summed E-state index contributed by atoms with van der Waals surface area (Å²) in [7, 11) is 0. The fraction of sp³-hybridized carbons (Fsp3) is 0.300. The Hall–Kier alpha value is -3.45. The van der Waals surface area contributed by atoms with Crippen LogP contribution in [0.5, 0.6) is 11.5 Å². The first-order valence-electron chi connectivity index (χ1n) is 12.8. The minimum Gasteiger partial charge on any atom is -0.490 e. The number of nitrogens with zero attached hydrogens (tertiary/aromatic N) is 3. The summed E-state index contributed by atoms with van der Waals surface area (Å²) in [5.41, 5.74) is 2.43. The summed E-state index contributed by atoms with van der Waals surface area (Å²) in [5, 5.41) is 5.24. The number of para-hydroxylation sites is 1. The fourth-order valence-corrected chi connectivity index (χ4v) is 5.19. The molecule has 0 atom stereocenters. The first-order valence-corrected chi connectivity index (χ1v) is 13.6. The quantitative estimate of drug-likeness (QED) is 0.216. The number of hydrogen-bond acceptors (Lipinski definition) is 5. The molecule has 1 aromatic heterocycles. The molecule has 0 aliphatic heterocycles. The van der Waals surface area contributed by atoms with Gasteiger partial charge in [-0.15, -0.1) is 0 Å². The van der Waals surface area contributed by atoms with Crippen molar-refractivity contribution in [2.75, 3.05) is 6.61 Å². The monoisotopic (exact) mass is 559 g/mol. The van der Waals surface area contributed by atoms with Gasteiger partial charge < -0.3 is 9.47 Å². The van der Waals surface area contributed by atoms with Crippen LogP contribution in [0.25, 0.3) is 10.9 Å². The minimum absolute atomic E-state index is 0.147. The van der Waals surface area contributed by atoms with Crippen molar-refractivity contribution in [2.24, 2.45) is 5.10 Å². The van der Waals surface area contributed by atoms with Gasteiger partial charge in [-0.05, 0) is 65.5 Å². The van der Waals surface area contributed by atoms with Crippen molar-refractivity contribution in [3.8, 4) is 11.5 Å². The van der Waals surface area contributed by atoms with Crippen LogP contribution in [0, 0.1) is 0 Å². The van der Waals surface area contributed by atoms with Crippen molar-refractivity contribution in [1.82, 2.24) is 9.66 Å². The van der Waals surface area contributed by atoms with Gasteiger partial charge in [-0.3, -0.25) is 4.79 Å². The Balaban J connectivity index is 1.50. The maximum absolute atomic E-state index is 13.5. The Morgan fingerprint density at radius 3 is 2.51 bits per heavy atom. The summed E-state index contributed by atoms with van der Waals surface area (Å²) < 4.78 is 14.2. The van der Waals surface area contributed by atoms with E-state index in [0.717, 1.165) is 52.6 Å². The molecule has 1 heterocycles. The average molecular weight is 560 g/mol. The van der Waals surface area contributed by atoms with Crippen LogP contribution in [-0.4, -0.2) is 22.5 Å². The van der Waals surface area contributed by atoms with Gasteiger partial charge in [-0.2, -0.15) is 9.78 Å². The molecule has 0 amide bonds. The van der Waals surface area contributed by atoms with E-state index >= 15 is 0 Å². The average Bonchev–Trinajstić information content (AvgIpc) is 2.94. The normalized spacial score (nSPS) is 14.3. The smallest absolute Gasteiger partial charge is 0.282 e. The highest BCUT2D eigenvalue weighted by Gasteiger charge is 2.22. The SMILES string of the molecule is CCOc1cc(C=Nn2c(C3CCCCC3)nc3ccccc3c2=O)c(Br)cc1OCc1ccccc1. The molecule has 5 rings (SSSR count). The predicted molar refractivity (Wildman–Crippen MR) is 151 cm³/mol. The number of halogens is 1. The van der Waals surface area contributed by atoms with E-state index in [0.29, 0.717) is 30.1 Å². The molecule has 1 aliphatic rings. The lowest BCUT2D eigenvalue weighted by molar-refractivity contribution is 0.269. The van der Waals surface area contributed by atoms with Gasteiger partial charge in [0.25, 0.3) is 5.56 Å². The van der Waals surface area contributed by atoms with E-state index in [-0.39, 0.29) is 11.5 Å². The zero-order chi connectivity index (χ0) is 25.6. The van der Waals surface area contributed by atoms with Crippen LogP contribution in [0.2, 0.25) is 0 Å². The van der Waals surface area contributed by atoms with Crippen molar-refractivity contribution in [3.05, 3.63) is 98.5 Å². The number of ether oxygens (including phenoxy) is 2. The molecule has 0 bridgehead atoms. The van der Waals surface area contributed by atoms with E-state index in [1.54, 1.807) is 6.21 Å². The molecule has 0 spiro atoms. The molecule has 1 fully saturated rings. The molecular formula is C30H30BrN3O3. The summed E-state index contributed by atoms with van der Waals surface area (Å²) in [6.07, 6.45) is 7.24. The highest BCUT2D eigenvalue weighted by Crippen LogP contribution is 2.34. The zero-order valence-corrected chi connectivity index (χ0v) is 22.5. The lowest BCUT2D eigenvalue weighted by Gasteiger charge is -2.22. The van der Waals surface area contributed by atoms with Gasteiger partial charge in [-0.25, -0.2) is 4.98 Å². The molecule has 0 radical (unpaired) electrons. The summed E-state index contributed by atoms with van der Waals surface area (Å²) in [5.74, 6) is 2.23. The van der Waals surface area contributed by atoms with Crippen LogP contribution in [0.15, 0.2) is 81.1 Å². The van der Waals surface area contributed by atoms with Gasteiger partial charge in [0, 0.05) is 16.0 Å². The first-order chi connectivity index (χ1) is 18.1. The maximum Gasteiger partial charge on any atom is 0.282 e. The Labute approximate surface area is 225 Å². The van der Waals surface area contributed by atoms with E-state index in [4.69, 9.17) is 14.5 Å². The lowest BCUT2D eigenvalue weighted by Crippen LogP contribution is -2.25. The van der Waals surface area contributed by atoms with E-state index in [1.807, 2.05) is 73.7 Å². The summed E-state index contributed by atoms with van der Waals surface area (Å²) in [6, 6.07) is 21.3. The number of benzene rings is 3. The first kappa shape index (κ1) is 25.2. The van der Waals surface area contributed by atoms with E-state index in [9.17, 15) is 4.79 Å². The molecule has 0 unspecified atom stereocenters. The Morgan fingerprint density at radius 1 is 1.00 bits per heavy atom. The number of fused-ring (bicyclic) bond motifs is 1. The Bertz CT molecular complexity index is 1460. The standard InChI is InChI=1S/C30H30BrN3O3/c1-2-36-27-17-23(25(31)18-28(27)37-20-21-11-5-3-6-12-21)19-32-34-29(22-13-7-4-8-14-22)33-26-16-10-9-15-24(26)30(34)35/h3,5-6,9-12,15-19,22H,2,4,7-8,13-14,20H2,1H3. The van der Waals surface area contributed by atoms with Crippen LogP contribution in [0.1, 0.15) is 61.9 Å². The molecule has 1 saturated carbocycles. The van der Waals surface area contributed by atoms with Crippen molar-refractivity contribution in [3.63, 3.8) is 0 Å². The molecule has 6 nitrogen and oxygen atoms in total. The summed E-state index contributed by atoms with van der Waals surface area (Å²) in [6.45, 7) is 2.87. The van der Waals surface area contributed by atoms with Crippen molar-refractivity contribution in [1.29, 1.82) is 0 Å².